The predicted molar refractivity (Wildman–Crippen MR) is 192 cm³/mol. The number of nitrogens with one attached hydrogen (secondary N) is 1. The summed E-state index contributed by atoms with van der Waals surface area (Å²) in [6.07, 6.45) is 9.56. The molecule has 5 aliphatic carbocycles. The van der Waals surface area contributed by atoms with Crippen molar-refractivity contribution in [3.63, 3.8) is 0 Å². The fourth-order valence-electron chi connectivity index (χ4n) is 12.2. The maximum atomic E-state index is 14.8. The van der Waals surface area contributed by atoms with Gasteiger partial charge in [0, 0.05) is 17.9 Å². The highest BCUT2D eigenvalue weighted by atomic mass is 16.5. The molecule has 4 saturated carbocycles. The van der Waals surface area contributed by atoms with Gasteiger partial charge in [-0.2, -0.15) is 0 Å². The number of aliphatic hydroxyl groups is 1. The molecular formula is C42H60N2O6. The SMILES string of the molecule is COC(=O)CNC(=O)CN(Cc1ccccc1)C(=O)[C@@]1(C)CC[C@]2(C)CC[C@]3(C)C(=CC(=O)[C@@H]4[C@@]5(C)CC[C@H](O)C(C)(C)[C@@H]5CC[C@]43C)[C@@H]2C1. The van der Waals surface area contributed by atoms with Gasteiger partial charge in [0.25, 0.3) is 0 Å². The van der Waals surface area contributed by atoms with Gasteiger partial charge in [0.1, 0.15) is 6.54 Å². The van der Waals surface area contributed by atoms with Crippen LogP contribution in [0.2, 0.25) is 0 Å². The number of carbonyl (C=O) groups is 4. The van der Waals surface area contributed by atoms with Crippen molar-refractivity contribution in [2.45, 2.75) is 119 Å². The first-order valence-corrected chi connectivity index (χ1v) is 19.0. The maximum absolute atomic E-state index is 14.8. The molecule has 0 spiro atoms. The van der Waals surface area contributed by atoms with Crippen LogP contribution in [0.3, 0.4) is 0 Å². The van der Waals surface area contributed by atoms with Crippen LogP contribution in [0.4, 0.5) is 0 Å². The highest BCUT2D eigenvalue weighted by Gasteiger charge is 2.70. The van der Waals surface area contributed by atoms with Crippen LogP contribution in [0.25, 0.3) is 0 Å². The van der Waals surface area contributed by atoms with Gasteiger partial charge in [0.05, 0.1) is 19.8 Å². The Morgan fingerprint density at radius 2 is 1.60 bits per heavy atom. The zero-order valence-electron chi connectivity index (χ0n) is 31.7. The molecule has 0 aliphatic heterocycles. The van der Waals surface area contributed by atoms with Crippen LogP contribution in [0.5, 0.6) is 0 Å². The number of ether oxygens (including phenoxy) is 1. The fourth-order valence-corrected chi connectivity index (χ4v) is 12.2. The van der Waals surface area contributed by atoms with Crippen LogP contribution in [0.15, 0.2) is 42.0 Å². The topological polar surface area (TPSA) is 113 Å². The standard InChI is InChI=1S/C42H60N2O6/c1-37(2)31-14-17-42(7)35(40(31,5)16-15-32(37)46)30(45)22-28-29-23-39(4,19-18-38(29,3)20-21-41(28,42)6)36(49)44(25-27-12-10-9-11-13-27)26-33(47)43-24-34(48)50-8/h9-13,22,29,31-32,35,46H,14-21,23-26H2,1-8H3,(H,43,47)/t29-,31-,32-,35+,38+,39-,40-,41+,42+/m0/s1. The second kappa shape index (κ2) is 12.6. The molecular weight excluding hydrogens is 628 g/mol. The molecule has 8 nitrogen and oxygen atoms in total. The van der Waals surface area contributed by atoms with Crippen LogP contribution < -0.4 is 5.32 Å². The van der Waals surface area contributed by atoms with Gasteiger partial charge in [-0.1, -0.05) is 84.4 Å². The minimum Gasteiger partial charge on any atom is -0.468 e. The lowest BCUT2D eigenvalue weighted by Gasteiger charge is -2.70. The van der Waals surface area contributed by atoms with Gasteiger partial charge in [-0.15, -0.1) is 0 Å². The van der Waals surface area contributed by atoms with E-state index in [-0.39, 0.29) is 82.3 Å². The molecule has 0 radical (unpaired) electrons. The fraction of sp³-hybridized carbons (Fsp3) is 0.714. The molecule has 0 unspecified atom stereocenters. The Balaban J connectivity index is 1.32. The van der Waals surface area contributed by atoms with Crippen LogP contribution >= 0.6 is 0 Å². The molecule has 1 aromatic rings. The Morgan fingerprint density at radius 1 is 0.920 bits per heavy atom. The number of allylic oxidation sites excluding steroid dienone is 2. The number of aliphatic hydroxyl groups excluding tert-OH is 1. The molecule has 0 heterocycles. The number of esters is 1. The van der Waals surface area contributed by atoms with Gasteiger partial charge in [0.15, 0.2) is 5.78 Å². The lowest BCUT2D eigenvalue weighted by molar-refractivity contribution is -0.202. The van der Waals surface area contributed by atoms with Crippen molar-refractivity contribution >= 4 is 23.6 Å². The molecule has 0 bridgehead atoms. The summed E-state index contributed by atoms with van der Waals surface area (Å²) in [5.74, 6) is -0.508. The first-order valence-electron chi connectivity index (χ1n) is 19.0. The van der Waals surface area contributed by atoms with E-state index in [1.54, 1.807) is 4.90 Å². The number of amides is 2. The van der Waals surface area contributed by atoms with Crippen molar-refractivity contribution in [2.24, 2.45) is 50.2 Å². The van der Waals surface area contributed by atoms with Gasteiger partial charge in [-0.05, 0) is 108 Å². The van der Waals surface area contributed by atoms with Crippen molar-refractivity contribution in [3.05, 3.63) is 47.5 Å². The summed E-state index contributed by atoms with van der Waals surface area (Å²) in [5.41, 5.74) is 0.620. The lowest BCUT2D eigenvalue weighted by Crippen LogP contribution is -2.66. The lowest BCUT2D eigenvalue weighted by atomic mass is 9.33. The summed E-state index contributed by atoms with van der Waals surface area (Å²) in [7, 11) is 1.27. The summed E-state index contributed by atoms with van der Waals surface area (Å²) in [4.78, 5) is 56.0. The molecule has 6 rings (SSSR count). The second-order valence-electron chi connectivity index (χ2n) is 18.6. The second-order valence-corrected chi connectivity index (χ2v) is 18.6. The highest BCUT2D eigenvalue weighted by molar-refractivity contribution is 5.96. The highest BCUT2D eigenvalue weighted by Crippen LogP contribution is 2.75. The van der Waals surface area contributed by atoms with Crippen molar-refractivity contribution in [3.8, 4) is 0 Å². The quantitative estimate of drug-likeness (QED) is 0.311. The van der Waals surface area contributed by atoms with Gasteiger partial charge < -0.3 is 20.1 Å². The number of methoxy groups -OCH3 is 1. The van der Waals surface area contributed by atoms with Crippen molar-refractivity contribution in [1.82, 2.24) is 10.2 Å². The van der Waals surface area contributed by atoms with E-state index >= 15 is 0 Å². The molecule has 2 amide bonds. The van der Waals surface area contributed by atoms with Gasteiger partial charge in [-0.3, -0.25) is 19.2 Å². The number of benzene rings is 1. The third kappa shape index (κ3) is 5.67. The van der Waals surface area contributed by atoms with Gasteiger partial charge >= 0.3 is 5.97 Å². The first kappa shape index (κ1) is 36.8. The molecule has 1 aromatic carbocycles. The van der Waals surface area contributed by atoms with E-state index in [9.17, 15) is 24.3 Å². The third-order valence-corrected chi connectivity index (χ3v) is 15.6. The third-order valence-electron chi connectivity index (χ3n) is 15.6. The summed E-state index contributed by atoms with van der Waals surface area (Å²) >= 11 is 0. The molecule has 2 N–H and O–H groups in total. The molecule has 0 saturated heterocycles. The van der Waals surface area contributed by atoms with Crippen molar-refractivity contribution in [2.75, 3.05) is 20.2 Å². The van der Waals surface area contributed by atoms with Crippen LogP contribution in [0.1, 0.15) is 112 Å². The van der Waals surface area contributed by atoms with E-state index in [1.807, 2.05) is 36.4 Å². The number of carbonyl (C=O) groups excluding carboxylic acids is 4. The first-order chi connectivity index (χ1) is 23.3. The molecule has 0 aromatic heterocycles. The summed E-state index contributed by atoms with van der Waals surface area (Å²) in [5, 5.41) is 13.7. The Bertz CT molecular complexity index is 1570. The minimum atomic E-state index is -0.728. The molecule has 4 fully saturated rings. The number of nitrogens with zero attached hydrogens (tertiary/aromatic N) is 1. The monoisotopic (exact) mass is 688 g/mol. The van der Waals surface area contributed by atoms with Crippen LogP contribution in [-0.2, 0) is 30.5 Å². The van der Waals surface area contributed by atoms with E-state index in [0.717, 1.165) is 50.5 Å². The summed E-state index contributed by atoms with van der Waals surface area (Å²) in [6, 6.07) is 9.70. The molecule has 9 atom stereocenters. The Morgan fingerprint density at radius 3 is 2.28 bits per heavy atom. The number of rotatable bonds is 7. The van der Waals surface area contributed by atoms with E-state index in [4.69, 9.17) is 4.74 Å². The van der Waals surface area contributed by atoms with E-state index in [1.165, 1.54) is 12.7 Å². The maximum Gasteiger partial charge on any atom is 0.325 e. The average Bonchev–Trinajstić information content (AvgIpc) is 3.07. The smallest absolute Gasteiger partial charge is 0.325 e. The van der Waals surface area contributed by atoms with Crippen molar-refractivity contribution < 1.29 is 29.0 Å². The molecule has 8 heteroatoms. The van der Waals surface area contributed by atoms with Crippen LogP contribution in [-0.4, -0.2) is 59.9 Å². The van der Waals surface area contributed by atoms with E-state index < -0.39 is 17.3 Å². The van der Waals surface area contributed by atoms with Crippen LogP contribution in [0, 0.1) is 50.2 Å². The number of fused-ring (bicyclic) bond motifs is 7. The zero-order chi connectivity index (χ0) is 36.5. The Kier molecular flexibility index (Phi) is 9.26. The number of hydrogen-bond donors (Lipinski definition) is 2. The predicted octanol–water partition coefficient (Wildman–Crippen LogP) is 6.65. The van der Waals surface area contributed by atoms with Gasteiger partial charge in [-0.25, -0.2) is 0 Å². The summed E-state index contributed by atoms with van der Waals surface area (Å²) in [6.45, 7) is 15.9. The molecule has 5 aliphatic rings. The average molecular weight is 689 g/mol. The summed E-state index contributed by atoms with van der Waals surface area (Å²) < 4.78 is 4.69. The van der Waals surface area contributed by atoms with E-state index in [0.29, 0.717) is 12.8 Å². The number of hydrogen-bond acceptors (Lipinski definition) is 6. The number of ketones is 1. The largest absolute Gasteiger partial charge is 0.468 e. The Hall–Kier alpha value is -3.00. The van der Waals surface area contributed by atoms with Gasteiger partial charge in [0.2, 0.25) is 11.8 Å². The van der Waals surface area contributed by atoms with Crippen molar-refractivity contribution in [1.29, 1.82) is 0 Å². The molecule has 50 heavy (non-hydrogen) atoms. The van der Waals surface area contributed by atoms with E-state index in [2.05, 4.69) is 53.8 Å². The molecule has 274 valence electrons. The Labute approximate surface area is 299 Å². The minimum absolute atomic E-state index is 0.0190. The normalized spacial score (nSPS) is 40.2. The zero-order valence-corrected chi connectivity index (χ0v) is 31.7.